The number of amides is 1. The van der Waals surface area contributed by atoms with Crippen LogP contribution in [0.25, 0.3) is 0 Å². The van der Waals surface area contributed by atoms with E-state index < -0.39 is 0 Å². The largest absolute Gasteiger partial charge is 0.476 e. The second-order valence-corrected chi connectivity index (χ2v) is 5.90. The van der Waals surface area contributed by atoms with Crippen molar-refractivity contribution in [2.75, 3.05) is 40.3 Å². The van der Waals surface area contributed by atoms with Gasteiger partial charge in [-0.3, -0.25) is 4.79 Å². The molecule has 0 radical (unpaired) electrons. The molecule has 22 heavy (non-hydrogen) atoms. The molecule has 1 aromatic rings. The van der Waals surface area contributed by atoms with Gasteiger partial charge in [0.15, 0.2) is 0 Å². The van der Waals surface area contributed by atoms with Gasteiger partial charge in [-0.15, -0.1) is 0 Å². The molecular weight excluding hydrogens is 280 g/mol. The summed E-state index contributed by atoms with van der Waals surface area (Å²) in [6.45, 7) is 3.83. The van der Waals surface area contributed by atoms with Crippen LogP contribution in [0.1, 0.15) is 18.4 Å². The van der Waals surface area contributed by atoms with Crippen molar-refractivity contribution in [3.63, 3.8) is 0 Å². The quantitative estimate of drug-likeness (QED) is 0.774. The molecule has 0 aliphatic carbocycles. The maximum absolute atomic E-state index is 12.1. The van der Waals surface area contributed by atoms with Crippen molar-refractivity contribution in [1.82, 2.24) is 20.5 Å². The molecule has 1 aromatic heterocycles. The molecule has 1 saturated heterocycles. The van der Waals surface area contributed by atoms with Gasteiger partial charge in [-0.1, -0.05) is 0 Å². The summed E-state index contributed by atoms with van der Waals surface area (Å²) in [7, 11) is 4.01. The van der Waals surface area contributed by atoms with E-state index in [0.29, 0.717) is 19.0 Å². The monoisotopic (exact) mass is 306 g/mol. The molecule has 1 aliphatic heterocycles. The van der Waals surface area contributed by atoms with Gasteiger partial charge >= 0.3 is 0 Å². The summed E-state index contributed by atoms with van der Waals surface area (Å²) in [5.74, 6) is 0.891. The highest BCUT2D eigenvalue weighted by atomic mass is 16.5. The van der Waals surface area contributed by atoms with Gasteiger partial charge in [0, 0.05) is 31.3 Å². The molecule has 2 heterocycles. The van der Waals surface area contributed by atoms with Crippen molar-refractivity contribution in [2.24, 2.45) is 5.92 Å². The topological polar surface area (TPSA) is 66.5 Å². The Labute approximate surface area is 132 Å². The molecule has 1 fully saturated rings. The minimum atomic E-state index is 0.138. The van der Waals surface area contributed by atoms with Crippen LogP contribution in [0.5, 0.6) is 5.88 Å². The first-order valence-corrected chi connectivity index (χ1v) is 7.86. The molecule has 2 rings (SSSR count). The van der Waals surface area contributed by atoms with E-state index in [4.69, 9.17) is 4.74 Å². The molecule has 0 bridgehead atoms. The summed E-state index contributed by atoms with van der Waals surface area (Å²) in [4.78, 5) is 18.4. The lowest BCUT2D eigenvalue weighted by Crippen LogP contribution is -2.37. The third kappa shape index (κ3) is 5.61. The van der Waals surface area contributed by atoms with Crippen LogP contribution in [-0.4, -0.2) is 56.1 Å². The molecule has 0 unspecified atom stereocenters. The molecule has 0 saturated carbocycles. The van der Waals surface area contributed by atoms with Crippen molar-refractivity contribution in [2.45, 2.75) is 19.4 Å². The predicted molar refractivity (Wildman–Crippen MR) is 85.7 cm³/mol. The molecule has 0 spiro atoms. The van der Waals surface area contributed by atoms with Crippen LogP contribution in [0, 0.1) is 5.92 Å². The number of nitrogens with zero attached hydrogens (tertiary/aromatic N) is 2. The molecule has 6 heteroatoms. The Bertz CT molecular complexity index is 473. The van der Waals surface area contributed by atoms with Crippen molar-refractivity contribution in [3.05, 3.63) is 23.9 Å². The molecule has 0 aromatic carbocycles. The average molecular weight is 306 g/mol. The lowest BCUT2D eigenvalue weighted by atomic mass is 9.97. The van der Waals surface area contributed by atoms with Crippen LogP contribution >= 0.6 is 0 Å². The fourth-order valence-electron chi connectivity index (χ4n) is 2.39. The van der Waals surface area contributed by atoms with Crippen LogP contribution in [0.4, 0.5) is 0 Å². The van der Waals surface area contributed by atoms with E-state index in [1.54, 1.807) is 6.20 Å². The van der Waals surface area contributed by atoms with E-state index in [9.17, 15) is 4.79 Å². The van der Waals surface area contributed by atoms with Crippen molar-refractivity contribution in [3.8, 4) is 5.88 Å². The highest BCUT2D eigenvalue weighted by Gasteiger charge is 2.20. The molecule has 1 amide bonds. The Morgan fingerprint density at radius 1 is 1.45 bits per heavy atom. The van der Waals surface area contributed by atoms with Crippen LogP contribution in [-0.2, 0) is 11.3 Å². The van der Waals surface area contributed by atoms with Gasteiger partial charge in [-0.05, 0) is 51.7 Å². The number of likely N-dealkylation sites (N-methyl/N-ethyl adjacent to an activating group) is 1. The summed E-state index contributed by atoms with van der Waals surface area (Å²) < 4.78 is 5.61. The number of hydrogen-bond donors (Lipinski definition) is 2. The standard InChI is InChI=1S/C16H26N4O2/c1-20(2)9-10-22-15-11-13(3-8-18-15)12-19-16(21)14-4-6-17-7-5-14/h3,8,11,14,17H,4-7,9-10,12H2,1-2H3,(H,19,21). The number of aromatic nitrogens is 1. The Kier molecular flexibility index (Phi) is 6.61. The number of pyridine rings is 1. The number of piperidine rings is 1. The van der Waals surface area contributed by atoms with Crippen molar-refractivity contribution >= 4 is 5.91 Å². The highest BCUT2D eigenvalue weighted by Crippen LogP contribution is 2.13. The Morgan fingerprint density at radius 2 is 2.23 bits per heavy atom. The molecule has 122 valence electrons. The normalized spacial score (nSPS) is 15.8. The van der Waals surface area contributed by atoms with Crippen LogP contribution < -0.4 is 15.4 Å². The molecule has 0 atom stereocenters. The summed E-state index contributed by atoms with van der Waals surface area (Å²) in [6, 6.07) is 3.79. The van der Waals surface area contributed by atoms with Gasteiger partial charge < -0.3 is 20.3 Å². The van der Waals surface area contributed by atoms with E-state index in [2.05, 4.69) is 20.5 Å². The Balaban J connectivity index is 1.78. The smallest absolute Gasteiger partial charge is 0.223 e. The highest BCUT2D eigenvalue weighted by molar-refractivity contribution is 5.78. The fraction of sp³-hybridized carbons (Fsp3) is 0.625. The number of rotatable bonds is 7. The number of nitrogens with one attached hydrogen (secondary N) is 2. The van der Waals surface area contributed by atoms with E-state index in [1.807, 2.05) is 26.2 Å². The minimum absolute atomic E-state index is 0.138. The fourth-order valence-corrected chi connectivity index (χ4v) is 2.39. The third-order valence-corrected chi connectivity index (χ3v) is 3.76. The lowest BCUT2D eigenvalue weighted by Gasteiger charge is -2.21. The van der Waals surface area contributed by atoms with E-state index in [-0.39, 0.29) is 11.8 Å². The average Bonchev–Trinajstić information content (AvgIpc) is 2.53. The first-order valence-electron chi connectivity index (χ1n) is 7.86. The Morgan fingerprint density at radius 3 is 2.95 bits per heavy atom. The lowest BCUT2D eigenvalue weighted by molar-refractivity contribution is -0.125. The van der Waals surface area contributed by atoms with Crippen LogP contribution in [0.2, 0.25) is 0 Å². The molecule has 2 N–H and O–H groups in total. The second-order valence-electron chi connectivity index (χ2n) is 5.90. The van der Waals surface area contributed by atoms with Gasteiger partial charge in [0.1, 0.15) is 6.61 Å². The maximum Gasteiger partial charge on any atom is 0.223 e. The zero-order valence-electron chi connectivity index (χ0n) is 13.5. The summed E-state index contributed by atoms with van der Waals surface area (Å²) >= 11 is 0. The van der Waals surface area contributed by atoms with Gasteiger partial charge in [-0.25, -0.2) is 4.98 Å². The van der Waals surface area contributed by atoms with Crippen molar-refractivity contribution < 1.29 is 9.53 Å². The summed E-state index contributed by atoms with van der Waals surface area (Å²) in [5, 5.41) is 6.28. The number of carbonyl (C=O) groups is 1. The van der Waals surface area contributed by atoms with Gasteiger partial charge in [-0.2, -0.15) is 0 Å². The van der Waals surface area contributed by atoms with Crippen molar-refractivity contribution in [1.29, 1.82) is 0 Å². The van der Waals surface area contributed by atoms with Crippen LogP contribution in [0.3, 0.4) is 0 Å². The minimum Gasteiger partial charge on any atom is -0.476 e. The zero-order chi connectivity index (χ0) is 15.8. The number of hydrogen-bond acceptors (Lipinski definition) is 5. The first-order chi connectivity index (χ1) is 10.6. The zero-order valence-corrected chi connectivity index (χ0v) is 13.5. The van der Waals surface area contributed by atoms with E-state index >= 15 is 0 Å². The summed E-state index contributed by atoms with van der Waals surface area (Å²) in [5.41, 5.74) is 1.01. The SMILES string of the molecule is CN(C)CCOc1cc(CNC(=O)C2CCNCC2)ccn1. The van der Waals surface area contributed by atoms with E-state index in [0.717, 1.165) is 38.0 Å². The second kappa shape index (κ2) is 8.70. The number of carbonyl (C=O) groups excluding carboxylic acids is 1. The molecular formula is C16H26N4O2. The van der Waals surface area contributed by atoms with Crippen LogP contribution in [0.15, 0.2) is 18.3 Å². The summed E-state index contributed by atoms with van der Waals surface area (Å²) in [6.07, 6.45) is 3.55. The molecule has 6 nitrogen and oxygen atoms in total. The Hall–Kier alpha value is -1.66. The first kappa shape index (κ1) is 16.7. The predicted octanol–water partition coefficient (Wildman–Crippen LogP) is 0.638. The van der Waals surface area contributed by atoms with Gasteiger partial charge in [0.2, 0.25) is 11.8 Å². The van der Waals surface area contributed by atoms with E-state index in [1.165, 1.54) is 0 Å². The van der Waals surface area contributed by atoms with Gasteiger partial charge in [0.05, 0.1) is 0 Å². The third-order valence-electron chi connectivity index (χ3n) is 3.76. The molecule has 1 aliphatic rings. The van der Waals surface area contributed by atoms with Gasteiger partial charge in [0.25, 0.3) is 0 Å². The number of ether oxygens (including phenoxy) is 1. The maximum atomic E-state index is 12.1.